The molecule has 0 aliphatic carbocycles. The first kappa shape index (κ1) is 17.0. The summed E-state index contributed by atoms with van der Waals surface area (Å²) in [5, 5.41) is 0. The van der Waals surface area contributed by atoms with E-state index in [1.165, 1.54) is 12.1 Å². The molecule has 0 saturated carbocycles. The van der Waals surface area contributed by atoms with Crippen molar-refractivity contribution in [3.05, 3.63) is 96.3 Å². The minimum absolute atomic E-state index is 0.312. The molecule has 2 aromatic carbocycles. The molecule has 3 nitrogen and oxygen atoms in total. The van der Waals surface area contributed by atoms with E-state index in [1.54, 1.807) is 53.2 Å². The highest BCUT2D eigenvalue weighted by molar-refractivity contribution is 5.78. The number of carbonyl (C=O) groups is 1. The first-order chi connectivity index (χ1) is 13.2. The summed E-state index contributed by atoms with van der Waals surface area (Å²) in [6.45, 7) is 0.314. The molecular formula is C22H16F2N2O. The van der Waals surface area contributed by atoms with E-state index in [0.29, 0.717) is 34.7 Å². The highest BCUT2D eigenvalue weighted by Gasteiger charge is 2.14. The Morgan fingerprint density at radius 3 is 2.04 bits per heavy atom. The Morgan fingerprint density at radius 2 is 1.41 bits per heavy atom. The van der Waals surface area contributed by atoms with Gasteiger partial charge in [-0.1, -0.05) is 24.3 Å². The Labute approximate surface area is 155 Å². The van der Waals surface area contributed by atoms with Crippen LogP contribution in [0.1, 0.15) is 10.4 Å². The Kier molecular flexibility index (Phi) is 4.42. The number of rotatable bonds is 5. The second-order valence-corrected chi connectivity index (χ2v) is 6.21. The number of hydrogen-bond acceptors (Lipinski definition) is 1. The minimum Gasteiger partial charge on any atom is -0.329 e. The average molecular weight is 362 g/mol. The van der Waals surface area contributed by atoms with Crippen LogP contribution in [-0.4, -0.2) is 15.4 Å². The van der Waals surface area contributed by atoms with Crippen molar-refractivity contribution in [2.75, 3.05) is 0 Å². The smallest absolute Gasteiger partial charge is 0.151 e. The lowest BCUT2D eigenvalue weighted by Crippen LogP contribution is -2.09. The summed E-state index contributed by atoms with van der Waals surface area (Å²) >= 11 is 0. The van der Waals surface area contributed by atoms with Crippen LogP contribution in [0.3, 0.4) is 0 Å². The predicted octanol–water partition coefficient (Wildman–Crippen LogP) is 5.22. The van der Waals surface area contributed by atoms with Crippen molar-refractivity contribution in [3.8, 4) is 22.5 Å². The van der Waals surface area contributed by atoms with Crippen molar-refractivity contribution in [1.82, 2.24) is 9.13 Å². The summed E-state index contributed by atoms with van der Waals surface area (Å²) < 4.78 is 32.1. The van der Waals surface area contributed by atoms with Gasteiger partial charge in [0.1, 0.15) is 11.6 Å². The zero-order valence-electron chi connectivity index (χ0n) is 14.3. The molecule has 27 heavy (non-hydrogen) atoms. The number of benzene rings is 2. The van der Waals surface area contributed by atoms with Crippen molar-refractivity contribution >= 4 is 6.29 Å². The molecule has 0 saturated heterocycles. The van der Waals surface area contributed by atoms with Gasteiger partial charge < -0.3 is 9.13 Å². The third-order valence-electron chi connectivity index (χ3n) is 4.49. The summed E-state index contributed by atoms with van der Waals surface area (Å²) in [5.74, 6) is -0.677. The first-order valence-corrected chi connectivity index (χ1v) is 8.47. The standard InChI is InChI=1S/C22H16F2N2O/c23-19-8-3-1-6-17(19)21-10-5-11-25(21)15-26-13-16(14-27)12-22(26)18-7-2-4-9-20(18)24/h1-14H,15H2. The molecule has 2 aromatic heterocycles. The summed E-state index contributed by atoms with van der Waals surface area (Å²) in [7, 11) is 0. The lowest BCUT2D eigenvalue weighted by molar-refractivity contribution is 0.112. The molecule has 4 rings (SSSR count). The van der Waals surface area contributed by atoms with Crippen LogP contribution in [0.25, 0.3) is 22.5 Å². The Hall–Kier alpha value is -3.47. The lowest BCUT2D eigenvalue weighted by atomic mass is 10.1. The molecule has 0 spiro atoms. The van der Waals surface area contributed by atoms with Gasteiger partial charge in [-0.25, -0.2) is 8.78 Å². The predicted molar refractivity (Wildman–Crippen MR) is 100 cm³/mol. The number of nitrogens with zero attached hydrogens (tertiary/aromatic N) is 2. The minimum atomic E-state index is -0.365. The molecule has 0 radical (unpaired) electrons. The summed E-state index contributed by atoms with van der Waals surface area (Å²) in [6.07, 6.45) is 4.22. The lowest BCUT2D eigenvalue weighted by Gasteiger charge is -2.14. The van der Waals surface area contributed by atoms with Gasteiger partial charge in [-0.3, -0.25) is 4.79 Å². The largest absolute Gasteiger partial charge is 0.329 e. The maximum Gasteiger partial charge on any atom is 0.151 e. The number of aromatic nitrogens is 2. The van der Waals surface area contributed by atoms with E-state index in [9.17, 15) is 13.6 Å². The monoisotopic (exact) mass is 362 g/mol. The van der Waals surface area contributed by atoms with Gasteiger partial charge in [0, 0.05) is 29.1 Å². The molecule has 0 aliphatic rings. The molecule has 0 N–H and O–H groups in total. The van der Waals surface area contributed by atoms with E-state index in [1.807, 2.05) is 22.9 Å². The van der Waals surface area contributed by atoms with Crippen LogP contribution in [0.5, 0.6) is 0 Å². The van der Waals surface area contributed by atoms with Crippen LogP contribution in [-0.2, 0) is 6.67 Å². The van der Waals surface area contributed by atoms with E-state index >= 15 is 0 Å². The first-order valence-electron chi connectivity index (χ1n) is 8.47. The van der Waals surface area contributed by atoms with Gasteiger partial charge in [0.15, 0.2) is 6.29 Å². The Bertz CT molecular complexity index is 1110. The second-order valence-electron chi connectivity index (χ2n) is 6.21. The fraction of sp³-hybridized carbons (Fsp3) is 0.0455. The normalized spacial score (nSPS) is 10.9. The van der Waals surface area contributed by atoms with Gasteiger partial charge in [0.25, 0.3) is 0 Å². The van der Waals surface area contributed by atoms with Crippen molar-refractivity contribution in [2.24, 2.45) is 0 Å². The zero-order chi connectivity index (χ0) is 18.8. The van der Waals surface area contributed by atoms with E-state index in [2.05, 4.69) is 0 Å². The van der Waals surface area contributed by atoms with Gasteiger partial charge in [0.05, 0.1) is 18.1 Å². The van der Waals surface area contributed by atoms with Crippen molar-refractivity contribution in [2.45, 2.75) is 6.67 Å². The molecule has 0 fully saturated rings. The van der Waals surface area contributed by atoms with Crippen molar-refractivity contribution in [3.63, 3.8) is 0 Å². The quantitative estimate of drug-likeness (QED) is 0.447. The number of carbonyl (C=O) groups excluding carboxylic acids is 1. The molecular weight excluding hydrogens is 346 g/mol. The summed E-state index contributed by atoms with van der Waals surface area (Å²) in [4.78, 5) is 11.3. The van der Waals surface area contributed by atoms with Crippen LogP contribution in [0.2, 0.25) is 0 Å². The van der Waals surface area contributed by atoms with E-state index in [-0.39, 0.29) is 11.6 Å². The average Bonchev–Trinajstić information content (AvgIpc) is 3.30. The molecule has 5 heteroatoms. The topological polar surface area (TPSA) is 26.9 Å². The van der Waals surface area contributed by atoms with E-state index < -0.39 is 0 Å². The van der Waals surface area contributed by atoms with Crippen molar-refractivity contribution in [1.29, 1.82) is 0 Å². The maximum atomic E-state index is 14.3. The molecule has 0 aliphatic heterocycles. The van der Waals surface area contributed by atoms with Crippen molar-refractivity contribution < 1.29 is 13.6 Å². The fourth-order valence-electron chi connectivity index (χ4n) is 3.23. The van der Waals surface area contributed by atoms with Crippen LogP contribution in [0.4, 0.5) is 8.78 Å². The zero-order valence-corrected chi connectivity index (χ0v) is 14.3. The van der Waals surface area contributed by atoms with Gasteiger partial charge in [-0.05, 0) is 42.5 Å². The molecule has 0 atom stereocenters. The number of hydrogen-bond donors (Lipinski definition) is 0. The number of halogens is 2. The number of aldehydes is 1. The van der Waals surface area contributed by atoms with Crippen LogP contribution >= 0.6 is 0 Å². The van der Waals surface area contributed by atoms with Gasteiger partial charge in [0.2, 0.25) is 0 Å². The van der Waals surface area contributed by atoms with Gasteiger partial charge in [-0.15, -0.1) is 0 Å². The fourth-order valence-corrected chi connectivity index (χ4v) is 3.23. The molecule has 0 bridgehead atoms. The molecule has 4 aromatic rings. The SMILES string of the molecule is O=Cc1cc(-c2ccccc2F)n(Cn2cccc2-c2ccccc2F)c1. The van der Waals surface area contributed by atoms with Gasteiger partial charge in [-0.2, -0.15) is 0 Å². The highest BCUT2D eigenvalue weighted by Crippen LogP contribution is 2.27. The van der Waals surface area contributed by atoms with Crippen LogP contribution in [0.15, 0.2) is 79.1 Å². The van der Waals surface area contributed by atoms with Crippen LogP contribution in [0, 0.1) is 11.6 Å². The van der Waals surface area contributed by atoms with E-state index in [4.69, 9.17) is 0 Å². The highest BCUT2D eigenvalue weighted by atomic mass is 19.1. The molecule has 134 valence electrons. The molecule has 2 heterocycles. The molecule has 0 amide bonds. The Morgan fingerprint density at radius 1 is 0.778 bits per heavy atom. The van der Waals surface area contributed by atoms with E-state index in [0.717, 1.165) is 6.29 Å². The maximum absolute atomic E-state index is 14.3. The van der Waals surface area contributed by atoms with Gasteiger partial charge >= 0.3 is 0 Å². The summed E-state index contributed by atoms with van der Waals surface area (Å²) in [6, 6.07) is 18.3. The second kappa shape index (κ2) is 7.03. The van der Waals surface area contributed by atoms with Crippen LogP contribution < -0.4 is 0 Å². The Balaban J connectivity index is 1.78. The third-order valence-corrected chi connectivity index (χ3v) is 4.49. The summed E-state index contributed by atoms with van der Waals surface area (Å²) in [5.41, 5.74) is 2.63. The molecule has 0 unspecified atom stereocenters. The third kappa shape index (κ3) is 3.19.